The fourth-order valence-corrected chi connectivity index (χ4v) is 0.423. The lowest BCUT2D eigenvalue weighted by Crippen LogP contribution is -2.13. The molecule has 8 heavy (non-hydrogen) atoms. The molecule has 1 radical (unpaired) electrons. The molecule has 0 spiro atoms. The molecule has 0 bridgehead atoms. The second kappa shape index (κ2) is 3.87. The van der Waals surface area contributed by atoms with Crippen LogP contribution < -0.4 is 0 Å². The molecule has 49 valence electrons. The molecule has 2 nitrogen and oxygen atoms in total. The minimum atomic E-state index is -0.870. The Labute approximate surface area is 50.5 Å². The van der Waals surface area contributed by atoms with Crippen LogP contribution in [0.5, 0.6) is 0 Å². The van der Waals surface area contributed by atoms with Gasteiger partial charge in [-0.05, 0) is 20.3 Å². The largest absolute Gasteiger partial charge is 0.347 e. The molecule has 0 saturated carbocycles. The third-order valence-electron chi connectivity index (χ3n) is 0.999. The molecule has 0 N–H and O–H groups in total. The van der Waals surface area contributed by atoms with Gasteiger partial charge in [-0.25, -0.2) is 5.11 Å². The third-order valence-corrected chi connectivity index (χ3v) is 0.999. The summed E-state index contributed by atoms with van der Waals surface area (Å²) in [6, 6.07) is 0. The van der Waals surface area contributed by atoms with Crippen molar-refractivity contribution >= 4 is 0 Å². The van der Waals surface area contributed by atoms with Gasteiger partial charge in [0.2, 0.25) is 0 Å². The van der Waals surface area contributed by atoms with Crippen molar-refractivity contribution in [2.75, 3.05) is 0 Å². The predicted octanol–water partition coefficient (Wildman–Crippen LogP) is 1.58. The number of ether oxygens (including phenoxy) is 1. The Hall–Kier alpha value is -0.0800. The van der Waals surface area contributed by atoms with Crippen LogP contribution in [0.3, 0.4) is 0 Å². The quantitative estimate of drug-likeness (QED) is 0.516. The maximum atomic E-state index is 10.3. The fourth-order valence-electron chi connectivity index (χ4n) is 0.423. The van der Waals surface area contributed by atoms with E-state index < -0.39 is 6.29 Å². The van der Waals surface area contributed by atoms with Crippen LogP contribution in [0, 0.1) is 0 Å². The van der Waals surface area contributed by atoms with Gasteiger partial charge in [-0.2, -0.15) is 0 Å². The molecule has 0 aliphatic heterocycles. The van der Waals surface area contributed by atoms with Gasteiger partial charge < -0.3 is 4.74 Å². The molecule has 0 fully saturated rings. The van der Waals surface area contributed by atoms with Gasteiger partial charge in [0, 0.05) is 0 Å². The summed E-state index contributed by atoms with van der Waals surface area (Å²) in [6.07, 6.45) is 0.152. The van der Waals surface area contributed by atoms with Gasteiger partial charge in [0.1, 0.15) is 0 Å². The molecule has 0 rings (SSSR count). The van der Waals surface area contributed by atoms with E-state index in [1.54, 1.807) is 0 Å². The lowest BCUT2D eigenvalue weighted by molar-refractivity contribution is -0.154. The molecule has 0 amide bonds. The van der Waals surface area contributed by atoms with Crippen LogP contribution in [0.25, 0.3) is 0 Å². The van der Waals surface area contributed by atoms with E-state index in [1.807, 2.05) is 13.8 Å². The first kappa shape index (κ1) is 7.92. The predicted molar refractivity (Wildman–Crippen MR) is 31.0 cm³/mol. The van der Waals surface area contributed by atoms with Crippen molar-refractivity contribution in [3.8, 4) is 0 Å². The zero-order chi connectivity index (χ0) is 6.57. The molecule has 0 aromatic heterocycles. The van der Waals surface area contributed by atoms with Crippen molar-refractivity contribution in [3.05, 3.63) is 0 Å². The van der Waals surface area contributed by atoms with E-state index in [2.05, 4.69) is 0 Å². The Kier molecular flexibility index (Phi) is 3.83. The van der Waals surface area contributed by atoms with Crippen molar-refractivity contribution in [2.45, 2.75) is 39.6 Å². The summed E-state index contributed by atoms with van der Waals surface area (Å²) >= 11 is 0. The highest BCUT2D eigenvalue weighted by molar-refractivity contribution is 4.42. The standard InChI is InChI=1S/C6H13O2/c1-4-5(2)8-6(3)7/h5-6H,4H2,1-3H3. The maximum absolute atomic E-state index is 10.3. The summed E-state index contributed by atoms with van der Waals surface area (Å²) in [5.74, 6) is 0. The zero-order valence-electron chi connectivity index (χ0n) is 5.68. The summed E-state index contributed by atoms with van der Waals surface area (Å²) in [6.45, 7) is 5.40. The van der Waals surface area contributed by atoms with E-state index in [0.717, 1.165) is 6.42 Å². The fraction of sp³-hybridized carbons (Fsp3) is 1.00. The first-order valence-corrected chi connectivity index (χ1v) is 2.98. The molecule has 0 saturated heterocycles. The topological polar surface area (TPSA) is 29.1 Å². The van der Waals surface area contributed by atoms with E-state index in [-0.39, 0.29) is 6.10 Å². The van der Waals surface area contributed by atoms with Crippen LogP contribution in [-0.2, 0) is 9.84 Å². The second-order valence-electron chi connectivity index (χ2n) is 1.92. The normalized spacial score (nSPS) is 18.0. The monoisotopic (exact) mass is 117 g/mol. The molecule has 2 atom stereocenters. The molecule has 2 unspecified atom stereocenters. The Bertz CT molecular complexity index is 52.5. The van der Waals surface area contributed by atoms with Gasteiger partial charge in [-0.1, -0.05) is 6.92 Å². The highest BCUT2D eigenvalue weighted by Gasteiger charge is 2.01. The minimum absolute atomic E-state index is 0.113. The Morgan fingerprint density at radius 3 is 2.12 bits per heavy atom. The van der Waals surface area contributed by atoms with Crippen molar-refractivity contribution in [1.82, 2.24) is 0 Å². The van der Waals surface area contributed by atoms with E-state index in [9.17, 15) is 5.11 Å². The number of hydrogen-bond acceptors (Lipinski definition) is 1. The van der Waals surface area contributed by atoms with Crippen LogP contribution in [0.2, 0.25) is 0 Å². The van der Waals surface area contributed by atoms with Gasteiger partial charge in [-0.15, -0.1) is 0 Å². The van der Waals surface area contributed by atoms with E-state index >= 15 is 0 Å². The van der Waals surface area contributed by atoms with Crippen LogP contribution in [-0.4, -0.2) is 12.4 Å². The van der Waals surface area contributed by atoms with Gasteiger partial charge in [0.15, 0.2) is 6.29 Å². The molecule has 0 aliphatic carbocycles. The van der Waals surface area contributed by atoms with E-state index in [0.29, 0.717) is 0 Å². The Morgan fingerprint density at radius 2 is 2.00 bits per heavy atom. The van der Waals surface area contributed by atoms with E-state index in [4.69, 9.17) is 4.74 Å². The van der Waals surface area contributed by atoms with Crippen LogP contribution in [0.15, 0.2) is 0 Å². The number of rotatable bonds is 3. The smallest absolute Gasteiger partial charge is 0.188 e. The molecular formula is C6H13O2. The van der Waals surface area contributed by atoms with Gasteiger partial charge in [-0.3, -0.25) is 0 Å². The summed E-state index contributed by atoms with van der Waals surface area (Å²) in [4.78, 5) is 0. The molecule has 0 heterocycles. The minimum Gasteiger partial charge on any atom is -0.347 e. The molecule has 2 heteroatoms. The first-order chi connectivity index (χ1) is 3.66. The van der Waals surface area contributed by atoms with E-state index in [1.165, 1.54) is 6.92 Å². The van der Waals surface area contributed by atoms with Crippen LogP contribution in [0.4, 0.5) is 0 Å². The van der Waals surface area contributed by atoms with Crippen molar-refractivity contribution in [1.29, 1.82) is 0 Å². The zero-order valence-corrected chi connectivity index (χ0v) is 5.68. The SMILES string of the molecule is CCC(C)OC(C)[O]. The average Bonchev–Trinajstić information content (AvgIpc) is 1.65. The highest BCUT2D eigenvalue weighted by Crippen LogP contribution is 1.98. The van der Waals surface area contributed by atoms with Crippen molar-refractivity contribution in [2.24, 2.45) is 0 Å². The summed E-state index contributed by atoms with van der Waals surface area (Å²) in [7, 11) is 0. The summed E-state index contributed by atoms with van der Waals surface area (Å²) < 4.78 is 4.84. The molecule has 0 aromatic rings. The lowest BCUT2D eigenvalue weighted by atomic mass is 10.3. The van der Waals surface area contributed by atoms with Crippen molar-refractivity contribution < 1.29 is 9.84 Å². The average molecular weight is 117 g/mol. The van der Waals surface area contributed by atoms with Crippen LogP contribution >= 0.6 is 0 Å². The highest BCUT2D eigenvalue weighted by atomic mass is 16.6. The maximum Gasteiger partial charge on any atom is 0.188 e. The molecular weight excluding hydrogens is 104 g/mol. The van der Waals surface area contributed by atoms with Gasteiger partial charge >= 0.3 is 0 Å². The second-order valence-corrected chi connectivity index (χ2v) is 1.92. The molecule has 0 aromatic carbocycles. The van der Waals surface area contributed by atoms with Crippen molar-refractivity contribution in [3.63, 3.8) is 0 Å². The number of hydrogen-bond donors (Lipinski definition) is 0. The Balaban J connectivity index is 3.10. The van der Waals surface area contributed by atoms with Gasteiger partial charge in [0.05, 0.1) is 6.10 Å². The molecule has 0 aliphatic rings. The third kappa shape index (κ3) is 4.09. The summed E-state index contributed by atoms with van der Waals surface area (Å²) in [5, 5.41) is 10.3. The Morgan fingerprint density at radius 1 is 1.50 bits per heavy atom. The summed E-state index contributed by atoms with van der Waals surface area (Å²) in [5.41, 5.74) is 0. The lowest BCUT2D eigenvalue weighted by Gasteiger charge is -2.10. The van der Waals surface area contributed by atoms with Crippen LogP contribution in [0.1, 0.15) is 27.2 Å². The van der Waals surface area contributed by atoms with Gasteiger partial charge in [0.25, 0.3) is 0 Å². The first-order valence-electron chi connectivity index (χ1n) is 2.98.